The lowest BCUT2D eigenvalue weighted by Crippen LogP contribution is -2.43. The molecule has 4 heteroatoms. The maximum atomic E-state index is 12.2. The van der Waals surface area contributed by atoms with Crippen LogP contribution in [0.4, 0.5) is 5.69 Å². The quantitative estimate of drug-likeness (QED) is 0.821. The Morgan fingerprint density at radius 1 is 1.16 bits per heavy atom. The number of benzene rings is 1. The van der Waals surface area contributed by atoms with Crippen LogP contribution < -0.4 is 10.2 Å². The zero-order valence-electron chi connectivity index (χ0n) is 11.5. The fraction of sp³-hybridized carbons (Fsp3) is 0.533. The minimum Gasteiger partial charge on any atom is -0.369 e. The maximum absolute atomic E-state index is 12.2. The largest absolute Gasteiger partial charge is 0.369 e. The van der Waals surface area contributed by atoms with Crippen molar-refractivity contribution >= 4 is 11.6 Å². The van der Waals surface area contributed by atoms with E-state index in [4.69, 9.17) is 0 Å². The molecule has 2 aliphatic heterocycles. The Labute approximate surface area is 114 Å². The second-order valence-corrected chi connectivity index (χ2v) is 5.41. The highest BCUT2D eigenvalue weighted by Gasteiger charge is 2.20. The van der Waals surface area contributed by atoms with Crippen molar-refractivity contribution in [2.24, 2.45) is 0 Å². The van der Waals surface area contributed by atoms with E-state index in [1.165, 1.54) is 11.3 Å². The van der Waals surface area contributed by atoms with Gasteiger partial charge in [0.05, 0.1) is 0 Å². The fourth-order valence-corrected chi connectivity index (χ4v) is 2.93. The average Bonchev–Trinajstić information content (AvgIpc) is 2.60. The molecule has 1 aromatic rings. The van der Waals surface area contributed by atoms with Crippen molar-refractivity contribution < 1.29 is 4.79 Å². The van der Waals surface area contributed by atoms with Crippen molar-refractivity contribution in [3.63, 3.8) is 0 Å². The number of carbonyl (C=O) groups excluding carboxylic acids is 1. The molecule has 0 bridgehead atoms. The van der Waals surface area contributed by atoms with Crippen LogP contribution in [-0.2, 0) is 6.42 Å². The molecule has 1 fully saturated rings. The molecule has 1 saturated heterocycles. The molecule has 0 atom stereocenters. The Hall–Kier alpha value is -1.55. The summed E-state index contributed by atoms with van der Waals surface area (Å²) in [6, 6.07) is 6.33. The minimum absolute atomic E-state index is 0.166. The van der Waals surface area contributed by atoms with E-state index < -0.39 is 0 Å². The molecule has 0 aliphatic carbocycles. The average molecular weight is 259 g/mol. The fourth-order valence-electron chi connectivity index (χ4n) is 2.93. The molecule has 0 radical (unpaired) electrons. The molecule has 1 amide bonds. The number of hydrogen-bond acceptors (Lipinski definition) is 3. The van der Waals surface area contributed by atoms with Gasteiger partial charge in [-0.25, -0.2) is 0 Å². The van der Waals surface area contributed by atoms with Crippen LogP contribution in [0.1, 0.15) is 22.3 Å². The van der Waals surface area contributed by atoms with Gasteiger partial charge in [-0.3, -0.25) is 4.79 Å². The molecule has 19 heavy (non-hydrogen) atoms. The van der Waals surface area contributed by atoms with Gasteiger partial charge in [-0.05, 0) is 36.6 Å². The SMILES string of the molecule is CN1CCCc2cc(N3CCNCC3)ccc2C1=O. The van der Waals surface area contributed by atoms with Crippen molar-refractivity contribution in [2.75, 3.05) is 44.7 Å². The van der Waals surface area contributed by atoms with Gasteiger partial charge in [-0.2, -0.15) is 0 Å². The summed E-state index contributed by atoms with van der Waals surface area (Å²) in [5.41, 5.74) is 3.36. The minimum atomic E-state index is 0.166. The zero-order chi connectivity index (χ0) is 13.2. The maximum Gasteiger partial charge on any atom is 0.253 e. The number of amides is 1. The molecule has 2 aliphatic rings. The molecule has 2 heterocycles. The van der Waals surface area contributed by atoms with E-state index in [2.05, 4.69) is 22.3 Å². The van der Waals surface area contributed by atoms with Crippen molar-refractivity contribution in [3.05, 3.63) is 29.3 Å². The Morgan fingerprint density at radius 2 is 1.95 bits per heavy atom. The molecule has 1 aromatic carbocycles. The molecule has 0 unspecified atom stereocenters. The van der Waals surface area contributed by atoms with E-state index >= 15 is 0 Å². The number of rotatable bonds is 1. The van der Waals surface area contributed by atoms with Crippen LogP contribution in [0.2, 0.25) is 0 Å². The summed E-state index contributed by atoms with van der Waals surface area (Å²) in [6.07, 6.45) is 2.06. The molecule has 0 saturated carbocycles. The van der Waals surface area contributed by atoms with Gasteiger partial charge in [0.15, 0.2) is 0 Å². The van der Waals surface area contributed by atoms with Gasteiger partial charge in [0, 0.05) is 51.0 Å². The predicted octanol–water partition coefficient (Wildman–Crippen LogP) is 1.11. The number of hydrogen-bond donors (Lipinski definition) is 1. The predicted molar refractivity (Wildman–Crippen MR) is 76.8 cm³/mol. The molecule has 4 nitrogen and oxygen atoms in total. The lowest BCUT2D eigenvalue weighted by molar-refractivity contribution is 0.0800. The van der Waals surface area contributed by atoms with E-state index in [0.717, 1.165) is 51.1 Å². The Bertz CT molecular complexity index is 480. The van der Waals surface area contributed by atoms with Crippen LogP contribution in [0.15, 0.2) is 18.2 Å². The number of nitrogens with zero attached hydrogens (tertiary/aromatic N) is 2. The third-order valence-corrected chi connectivity index (χ3v) is 4.09. The highest BCUT2D eigenvalue weighted by atomic mass is 16.2. The van der Waals surface area contributed by atoms with Crippen molar-refractivity contribution in [2.45, 2.75) is 12.8 Å². The summed E-state index contributed by atoms with van der Waals surface area (Å²) in [5.74, 6) is 0.166. The molecule has 1 N–H and O–H groups in total. The third kappa shape index (κ3) is 2.45. The number of nitrogens with one attached hydrogen (secondary N) is 1. The smallest absolute Gasteiger partial charge is 0.253 e. The number of aryl methyl sites for hydroxylation is 1. The number of carbonyl (C=O) groups is 1. The van der Waals surface area contributed by atoms with Crippen LogP contribution in [-0.4, -0.2) is 50.6 Å². The summed E-state index contributed by atoms with van der Waals surface area (Å²) >= 11 is 0. The van der Waals surface area contributed by atoms with E-state index in [-0.39, 0.29) is 5.91 Å². The van der Waals surface area contributed by atoms with E-state index in [1.807, 2.05) is 18.0 Å². The van der Waals surface area contributed by atoms with Gasteiger partial charge < -0.3 is 15.1 Å². The Balaban J connectivity index is 1.90. The first-order valence-electron chi connectivity index (χ1n) is 7.10. The third-order valence-electron chi connectivity index (χ3n) is 4.09. The summed E-state index contributed by atoms with van der Waals surface area (Å²) in [4.78, 5) is 16.5. The topological polar surface area (TPSA) is 35.6 Å². The molecular weight excluding hydrogens is 238 g/mol. The first-order chi connectivity index (χ1) is 9.25. The van der Waals surface area contributed by atoms with Gasteiger partial charge >= 0.3 is 0 Å². The molecule has 0 aromatic heterocycles. The number of fused-ring (bicyclic) bond motifs is 1. The molecule has 3 rings (SSSR count). The van der Waals surface area contributed by atoms with Gasteiger partial charge in [0.25, 0.3) is 5.91 Å². The second-order valence-electron chi connectivity index (χ2n) is 5.41. The van der Waals surface area contributed by atoms with Crippen LogP contribution in [0.3, 0.4) is 0 Å². The van der Waals surface area contributed by atoms with Gasteiger partial charge in [-0.15, -0.1) is 0 Å². The van der Waals surface area contributed by atoms with Crippen LogP contribution in [0, 0.1) is 0 Å². The zero-order valence-corrected chi connectivity index (χ0v) is 11.5. The number of piperazine rings is 1. The van der Waals surface area contributed by atoms with Crippen LogP contribution in [0.25, 0.3) is 0 Å². The highest BCUT2D eigenvalue weighted by molar-refractivity contribution is 5.96. The standard InChI is InChI=1S/C15H21N3O/c1-17-8-2-3-12-11-13(4-5-14(12)15(17)19)18-9-6-16-7-10-18/h4-5,11,16H,2-3,6-10H2,1H3. The van der Waals surface area contributed by atoms with Crippen LogP contribution >= 0.6 is 0 Å². The first-order valence-corrected chi connectivity index (χ1v) is 7.10. The molecule has 0 spiro atoms. The summed E-state index contributed by atoms with van der Waals surface area (Å²) in [5, 5.41) is 3.37. The normalized spacial score (nSPS) is 20.2. The highest BCUT2D eigenvalue weighted by Crippen LogP contribution is 2.24. The summed E-state index contributed by atoms with van der Waals surface area (Å²) in [7, 11) is 1.89. The van der Waals surface area contributed by atoms with Crippen molar-refractivity contribution in [1.29, 1.82) is 0 Å². The van der Waals surface area contributed by atoms with E-state index in [9.17, 15) is 4.79 Å². The van der Waals surface area contributed by atoms with E-state index in [0.29, 0.717) is 0 Å². The monoisotopic (exact) mass is 259 g/mol. The number of anilines is 1. The Morgan fingerprint density at radius 3 is 2.74 bits per heavy atom. The van der Waals surface area contributed by atoms with Gasteiger partial charge in [0.2, 0.25) is 0 Å². The van der Waals surface area contributed by atoms with Crippen molar-refractivity contribution in [3.8, 4) is 0 Å². The van der Waals surface area contributed by atoms with E-state index in [1.54, 1.807) is 0 Å². The lowest BCUT2D eigenvalue weighted by Gasteiger charge is -2.30. The Kier molecular flexibility index (Phi) is 3.42. The summed E-state index contributed by atoms with van der Waals surface area (Å²) < 4.78 is 0. The van der Waals surface area contributed by atoms with Crippen LogP contribution in [0.5, 0.6) is 0 Å². The lowest BCUT2D eigenvalue weighted by atomic mass is 10.0. The summed E-state index contributed by atoms with van der Waals surface area (Å²) in [6.45, 7) is 5.03. The van der Waals surface area contributed by atoms with Gasteiger partial charge in [0.1, 0.15) is 0 Å². The van der Waals surface area contributed by atoms with Crippen molar-refractivity contribution in [1.82, 2.24) is 10.2 Å². The van der Waals surface area contributed by atoms with Gasteiger partial charge in [-0.1, -0.05) is 0 Å². The first kappa shape index (κ1) is 12.5. The molecule has 102 valence electrons. The second kappa shape index (κ2) is 5.21. The molecular formula is C15H21N3O.